The molecule has 0 aromatic heterocycles. The van der Waals surface area contributed by atoms with E-state index in [9.17, 15) is 0 Å². The molecule has 0 heterocycles. The van der Waals surface area contributed by atoms with E-state index in [1.165, 1.54) is 38.5 Å². The van der Waals surface area contributed by atoms with Gasteiger partial charge in [-0.1, -0.05) is 52.4 Å². The van der Waals surface area contributed by atoms with Crippen molar-refractivity contribution in [3.05, 3.63) is 0 Å². The molecule has 0 aromatic carbocycles. The van der Waals surface area contributed by atoms with Crippen molar-refractivity contribution in [1.82, 2.24) is 0 Å². The van der Waals surface area contributed by atoms with E-state index in [4.69, 9.17) is 0 Å². The summed E-state index contributed by atoms with van der Waals surface area (Å²) in [7, 11) is 0. The molecule has 22 heavy (non-hydrogen) atoms. The Kier molecular flexibility index (Phi) is 4.33. The number of fused-ring (bicyclic) bond motifs is 3. The van der Waals surface area contributed by atoms with E-state index in [1.54, 1.807) is 44.9 Å². The van der Waals surface area contributed by atoms with Gasteiger partial charge in [-0.2, -0.15) is 0 Å². The van der Waals surface area contributed by atoms with Crippen molar-refractivity contribution in [2.45, 2.75) is 97.3 Å². The Hall–Kier alpha value is 0. The monoisotopic (exact) mass is 302 g/mol. The van der Waals surface area contributed by atoms with E-state index in [2.05, 4.69) is 13.8 Å². The third kappa shape index (κ3) is 2.78. The lowest BCUT2D eigenvalue weighted by Gasteiger charge is -2.42. The van der Waals surface area contributed by atoms with Crippen LogP contribution in [0.15, 0.2) is 0 Å². The fraction of sp³-hybridized carbons (Fsp3) is 1.00. The molecule has 4 rings (SSSR count). The Balaban J connectivity index is 1.41. The van der Waals surface area contributed by atoms with Crippen LogP contribution in [0.3, 0.4) is 0 Å². The van der Waals surface area contributed by atoms with Crippen LogP contribution in [0.1, 0.15) is 97.3 Å². The van der Waals surface area contributed by atoms with Crippen LogP contribution in [0.25, 0.3) is 0 Å². The second kappa shape index (κ2) is 6.14. The Morgan fingerprint density at radius 3 is 2.18 bits per heavy atom. The summed E-state index contributed by atoms with van der Waals surface area (Å²) < 4.78 is 0. The van der Waals surface area contributed by atoms with Gasteiger partial charge in [-0.3, -0.25) is 0 Å². The van der Waals surface area contributed by atoms with Gasteiger partial charge in [0, 0.05) is 0 Å². The van der Waals surface area contributed by atoms with Crippen LogP contribution in [-0.2, 0) is 0 Å². The topological polar surface area (TPSA) is 0 Å². The van der Waals surface area contributed by atoms with Gasteiger partial charge in [0.15, 0.2) is 0 Å². The first kappa shape index (κ1) is 15.5. The number of hydrogen-bond donors (Lipinski definition) is 0. The van der Waals surface area contributed by atoms with Gasteiger partial charge in [0.05, 0.1) is 0 Å². The van der Waals surface area contributed by atoms with E-state index < -0.39 is 0 Å². The summed E-state index contributed by atoms with van der Waals surface area (Å²) in [5, 5.41) is 0. The van der Waals surface area contributed by atoms with Crippen molar-refractivity contribution >= 4 is 0 Å². The van der Waals surface area contributed by atoms with Crippen LogP contribution in [-0.4, -0.2) is 0 Å². The van der Waals surface area contributed by atoms with E-state index in [0.717, 1.165) is 35.5 Å². The molecule has 0 amide bonds. The minimum absolute atomic E-state index is 0.713. The molecular formula is C22H38. The lowest BCUT2D eigenvalue weighted by atomic mass is 9.64. The van der Waals surface area contributed by atoms with Crippen LogP contribution in [0, 0.1) is 40.9 Å². The zero-order valence-electron chi connectivity index (χ0n) is 15.2. The Bertz CT molecular complexity index is 377. The maximum atomic E-state index is 2.64. The summed E-state index contributed by atoms with van der Waals surface area (Å²) in [6, 6.07) is 0. The van der Waals surface area contributed by atoms with Crippen molar-refractivity contribution in [3.63, 3.8) is 0 Å². The molecule has 0 N–H and O–H groups in total. The average molecular weight is 303 g/mol. The van der Waals surface area contributed by atoms with E-state index in [0.29, 0.717) is 5.41 Å². The Morgan fingerprint density at radius 1 is 0.727 bits per heavy atom. The quantitative estimate of drug-likeness (QED) is 0.524. The molecule has 4 fully saturated rings. The van der Waals surface area contributed by atoms with Gasteiger partial charge in [0.2, 0.25) is 0 Å². The summed E-state index contributed by atoms with van der Waals surface area (Å²) in [4.78, 5) is 0. The largest absolute Gasteiger partial charge is 0.0620 e. The van der Waals surface area contributed by atoms with Gasteiger partial charge in [0.1, 0.15) is 0 Å². The molecule has 0 nitrogen and oxygen atoms in total. The van der Waals surface area contributed by atoms with Crippen molar-refractivity contribution in [1.29, 1.82) is 0 Å². The zero-order valence-corrected chi connectivity index (χ0v) is 15.2. The second-order valence-electron chi connectivity index (χ2n) is 10.1. The maximum absolute atomic E-state index is 2.64. The molecule has 4 saturated carbocycles. The van der Waals surface area contributed by atoms with Gasteiger partial charge in [0.25, 0.3) is 0 Å². The van der Waals surface area contributed by atoms with Crippen molar-refractivity contribution < 1.29 is 0 Å². The average Bonchev–Trinajstić information content (AvgIpc) is 2.81. The van der Waals surface area contributed by atoms with E-state index in [-0.39, 0.29) is 0 Å². The first-order chi connectivity index (χ1) is 10.7. The maximum Gasteiger partial charge on any atom is -0.0323 e. The molecular weight excluding hydrogens is 264 g/mol. The van der Waals surface area contributed by atoms with Gasteiger partial charge < -0.3 is 0 Å². The van der Waals surface area contributed by atoms with Crippen LogP contribution in [0.4, 0.5) is 0 Å². The van der Waals surface area contributed by atoms with Gasteiger partial charge in [-0.25, -0.2) is 0 Å². The molecule has 4 aliphatic carbocycles. The second-order valence-corrected chi connectivity index (χ2v) is 10.1. The molecule has 0 spiro atoms. The highest BCUT2D eigenvalue weighted by Crippen LogP contribution is 2.59. The van der Waals surface area contributed by atoms with Crippen LogP contribution >= 0.6 is 0 Å². The molecule has 0 bridgehead atoms. The van der Waals surface area contributed by atoms with Crippen molar-refractivity contribution in [2.75, 3.05) is 0 Å². The fourth-order valence-electron chi connectivity index (χ4n) is 7.64. The highest BCUT2D eigenvalue weighted by molar-refractivity contribution is 5.00. The Morgan fingerprint density at radius 2 is 1.41 bits per heavy atom. The summed E-state index contributed by atoms with van der Waals surface area (Å²) in [5.74, 6) is 6.63. The summed E-state index contributed by atoms with van der Waals surface area (Å²) >= 11 is 0. The minimum Gasteiger partial charge on any atom is -0.0620 e. The summed E-state index contributed by atoms with van der Waals surface area (Å²) in [6.45, 7) is 5.26. The van der Waals surface area contributed by atoms with Crippen LogP contribution < -0.4 is 0 Å². The van der Waals surface area contributed by atoms with Crippen molar-refractivity contribution in [2.24, 2.45) is 40.9 Å². The predicted molar refractivity (Wildman–Crippen MR) is 94.7 cm³/mol. The number of hydrogen-bond acceptors (Lipinski definition) is 0. The SMILES string of the molecule is CC1C2CCCCC2C2CCC(CC3(C)CCCCC3)CC12. The van der Waals surface area contributed by atoms with E-state index >= 15 is 0 Å². The third-order valence-corrected chi connectivity index (χ3v) is 8.68. The molecule has 0 heteroatoms. The highest BCUT2D eigenvalue weighted by Gasteiger charge is 2.50. The Labute approximate surface area is 138 Å². The molecule has 126 valence electrons. The summed E-state index contributed by atoms with van der Waals surface area (Å²) in [5.41, 5.74) is 0.713. The van der Waals surface area contributed by atoms with Crippen molar-refractivity contribution in [3.8, 4) is 0 Å². The smallest absolute Gasteiger partial charge is 0.0323 e. The molecule has 6 unspecified atom stereocenters. The summed E-state index contributed by atoms with van der Waals surface area (Å²) in [6.07, 6.45) is 20.1. The standard InChI is InChI=1S/C22H38/c1-16-18-8-4-5-9-19(18)20-11-10-17(14-21(16)20)15-22(2)12-6-3-7-13-22/h16-21H,3-15H2,1-2H3. The third-order valence-electron chi connectivity index (χ3n) is 8.68. The molecule has 4 aliphatic rings. The molecule has 0 radical (unpaired) electrons. The molecule has 0 aromatic rings. The first-order valence-electron chi connectivity index (χ1n) is 10.7. The molecule has 0 aliphatic heterocycles. The molecule has 6 atom stereocenters. The normalized spacial score (nSPS) is 47.7. The lowest BCUT2D eigenvalue weighted by Crippen LogP contribution is -2.31. The van der Waals surface area contributed by atoms with Crippen LogP contribution in [0.5, 0.6) is 0 Å². The zero-order chi connectivity index (χ0) is 15.2. The van der Waals surface area contributed by atoms with Gasteiger partial charge in [-0.05, 0) is 85.9 Å². The first-order valence-corrected chi connectivity index (χ1v) is 10.7. The number of rotatable bonds is 2. The highest BCUT2D eigenvalue weighted by atomic mass is 14.6. The lowest BCUT2D eigenvalue weighted by molar-refractivity contribution is 0.0939. The predicted octanol–water partition coefficient (Wildman–Crippen LogP) is 6.84. The fourth-order valence-corrected chi connectivity index (χ4v) is 7.64. The van der Waals surface area contributed by atoms with Gasteiger partial charge in [-0.15, -0.1) is 0 Å². The minimum atomic E-state index is 0.713. The van der Waals surface area contributed by atoms with Crippen LogP contribution in [0.2, 0.25) is 0 Å². The van der Waals surface area contributed by atoms with E-state index in [1.807, 2.05) is 0 Å². The van der Waals surface area contributed by atoms with Gasteiger partial charge >= 0.3 is 0 Å². The molecule has 0 saturated heterocycles.